The number of nitrogens with two attached hydrogens (primary N) is 1. The molecular weight excluding hydrogens is 240 g/mol. The van der Waals surface area contributed by atoms with Gasteiger partial charge in [-0.25, -0.2) is 9.97 Å². The molecule has 2 aromatic rings. The monoisotopic (exact) mass is 258 g/mol. The summed E-state index contributed by atoms with van der Waals surface area (Å²) in [4.78, 5) is 10.6. The Morgan fingerprint density at radius 2 is 2.00 bits per heavy atom. The lowest BCUT2D eigenvalue weighted by molar-refractivity contribution is 0.415. The Labute approximate surface area is 113 Å². The highest BCUT2D eigenvalue weighted by molar-refractivity contribution is 5.58. The zero-order valence-corrected chi connectivity index (χ0v) is 11.2. The molecule has 0 radical (unpaired) electrons. The number of methoxy groups -OCH3 is 1. The first kappa shape index (κ1) is 13.3. The Hall–Kier alpha value is -2.14. The minimum absolute atomic E-state index is 0.606. The molecule has 0 saturated heterocycles. The zero-order chi connectivity index (χ0) is 13.7. The van der Waals surface area contributed by atoms with Gasteiger partial charge in [0.1, 0.15) is 5.75 Å². The number of aromatic nitrogens is 2. The molecule has 0 atom stereocenters. The lowest BCUT2D eigenvalue weighted by Gasteiger charge is -2.17. The van der Waals surface area contributed by atoms with E-state index in [1.807, 2.05) is 48.6 Å². The van der Waals surface area contributed by atoms with Crippen LogP contribution in [0, 0.1) is 0 Å². The molecule has 5 heteroatoms. The van der Waals surface area contributed by atoms with Gasteiger partial charge < -0.3 is 15.4 Å². The summed E-state index contributed by atoms with van der Waals surface area (Å²) in [5.74, 6) is 1.46. The molecule has 19 heavy (non-hydrogen) atoms. The van der Waals surface area contributed by atoms with Crippen molar-refractivity contribution in [3.05, 3.63) is 42.2 Å². The van der Waals surface area contributed by atoms with Crippen molar-refractivity contribution in [1.82, 2.24) is 9.97 Å². The van der Waals surface area contributed by atoms with E-state index in [2.05, 4.69) is 9.97 Å². The number of hydrogen-bond acceptors (Lipinski definition) is 5. The predicted molar refractivity (Wildman–Crippen MR) is 75.8 cm³/mol. The van der Waals surface area contributed by atoms with E-state index < -0.39 is 0 Å². The number of anilines is 2. The standard InChI is InChI=1S/C14H18N4O/c1-18(12-4-3-5-13(8-12)19-2)14-16-9-11(6-7-15)10-17-14/h3-5,8-10H,6-7,15H2,1-2H3. The number of hydrogen-bond donors (Lipinski definition) is 1. The van der Waals surface area contributed by atoms with Gasteiger partial charge in [0.15, 0.2) is 0 Å². The van der Waals surface area contributed by atoms with Crippen molar-refractivity contribution >= 4 is 11.6 Å². The first-order valence-electron chi connectivity index (χ1n) is 6.13. The largest absolute Gasteiger partial charge is 0.497 e. The van der Waals surface area contributed by atoms with E-state index in [9.17, 15) is 0 Å². The van der Waals surface area contributed by atoms with Crippen molar-refractivity contribution in [2.75, 3.05) is 25.6 Å². The van der Waals surface area contributed by atoms with Gasteiger partial charge in [0.2, 0.25) is 5.95 Å². The van der Waals surface area contributed by atoms with Crippen LogP contribution >= 0.6 is 0 Å². The summed E-state index contributed by atoms with van der Waals surface area (Å²) in [7, 11) is 3.57. The molecule has 0 aliphatic carbocycles. The van der Waals surface area contributed by atoms with Gasteiger partial charge in [0.25, 0.3) is 0 Å². The molecule has 2 rings (SSSR count). The average Bonchev–Trinajstić information content (AvgIpc) is 2.48. The summed E-state index contributed by atoms with van der Waals surface area (Å²) >= 11 is 0. The van der Waals surface area contributed by atoms with Crippen LogP contribution in [0.1, 0.15) is 5.56 Å². The second kappa shape index (κ2) is 6.15. The molecule has 1 aromatic carbocycles. The highest BCUT2D eigenvalue weighted by Crippen LogP contribution is 2.24. The van der Waals surface area contributed by atoms with Crippen LogP contribution < -0.4 is 15.4 Å². The molecule has 1 heterocycles. The first-order valence-corrected chi connectivity index (χ1v) is 6.13. The number of rotatable bonds is 5. The fourth-order valence-corrected chi connectivity index (χ4v) is 1.75. The lowest BCUT2D eigenvalue weighted by Crippen LogP contribution is -2.13. The van der Waals surface area contributed by atoms with Gasteiger partial charge in [-0.2, -0.15) is 0 Å². The minimum atomic E-state index is 0.606. The molecule has 0 fully saturated rings. The maximum Gasteiger partial charge on any atom is 0.229 e. The molecule has 0 bridgehead atoms. The van der Waals surface area contributed by atoms with Crippen LogP contribution in [-0.4, -0.2) is 30.7 Å². The zero-order valence-electron chi connectivity index (χ0n) is 11.2. The molecule has 1 aromatic heterocycles. The van der Waals surface area contributed by atoms with Gasteiger partial charge in [-0.15, -0.1) is 0 Å². The summed E-state index contributed by atoms with van der Waals surface area (Å²) in [6.07, 6.45) is 4.42. The number of nitrogens with zero attached hydrogens (tertiary/aromatic N) is 3. The second-order valence-corrected chi connectivity index (χ2v) is 4.19. The SMILES string of the molecule is COc1cccc(N(C)c2ncc(CCN)cn2)c1. The van der Waals surface area contributed by atoms with Crippen LogP contribution in [0.5, 0.6) is 5.75 Å². The van der Waals surface area contributed by atoms with Crippen LogP contribution in [0.3, 0.4) is 0 Å². The Bertz CT molecular complexity index is 527. The third-order valence-corrected chi connectivity index (χ3v) is 2.87. The van der Waals surface area contributed by atoms with E-state index in [1.165, 1.54) is 0 Å². The minimum Gasteiger partial charge on any atom is -0.497 e. The molecule has 0 unspecified atom stereocenters. The quantitative estimate of drug-likeness (QED) is 0.885. The number of ether oxygens (including phenoxy) is 1. The van der Waals surface area contributed by atoms with E-state index in [4.69, 9.17) is 10.5 Å². The number of benzene rings is 1. The summed E-state index contributed by atoms with van der Waals surface area (Å²) < 4.78 is 5.21. The lowest BCUT2D eigenvalue weighted by atomic mass is 10.2. The Morgan fingerprint density at radius 3 is 2.63 bits per heavy atom. The van der Waals surface area contributed by atoms with E-state index in [0.29, 0.717) is 12.5 Å². The topological polar surface area (TPSA) is 64.3 Å². The molecule has 0 saturated carbocycles. The van der Waals surface area contributed by atoms with E-state index in [1.54, 1.807) is 7.11 Å². The maximum absolute atomic E-state index is 5.50. The van der Waals surface area contributed by atoms with Crippen LogP contribution in [0.15, 0.2) is 36.7 Å². The van der Waals surface area contributed by atoms with Crippen molar-refractivity contribution < 1.29 is 4.74 Å². The van der Waals surface area contributed by atoms with Crippen molar-refractivity contribution in [1.29, 1.82) is 0 Å². The molecular formula is C14H18N4O. The summed E-state index contributed by atoms with van der Waals surface area (Å²) in [6.45, 7) is 0.606. The van der Waals surface area contributed by atoms with Crippen LogP contribution in [0.4, 0.5) is 11.6 Å². The van der Waals surface area contributed by atoms with Crippen molar-refractivity contribution in [2.45, 2.75) is 6.42 Å². The van der Waals surface area contributed by atoms with Gasteiger partial charge in [0, 0.05) is 31.2 Å². The normalized spacial score (nSPS) is 10.3. The summed E-state index contributed by atoms with van der Waals surface area (Å²) in [5, 5.41) is 0. The molecule has 2 N–H and O–H groups in total. The third kappa shape index (κ3) is 3.20. The molecule has 0 spiro atoms. The smallest absolute Gasteiger partial charge is 0.229 e. The third-order valence-electron chi connectivity index (χ3n) is 2.87. The molecule has 5 nitrogen and oxygen atoms in total. The van der Waals surface area contributed by atoms with Gasteiger partial charge in [0.05, 0.1) is 7.11 Å². The summed E-state index contributed by atoms with van der Waals surface area (Å²) in [5.41, 5.74) is 7.53. The highest BCUT2D eigenvalue weighted by atomic mass is 16.5. The summed E-state index contributed by atoms with van der Waals surface area (Å²) in [6, 6.07) is 7.77. The fourth-order valence-electron chi connectivity index (χ4n) is 1.75. The van der Waals surface area contributed by atoms with Crippen LogP contribution in [-0.2, 0) is 6.42 Å². The molecule has 100 valence electrons. The van der Waals surface area contributed by atoms with E-state index in [0.717, 1.165) is 23.4 Å². The van der Waals surface area contributed by atoms with E-state index >= 15 is 0 Å². The molecule has 0 aliphatic rings. The van der Waals surface area contributed by atoms with Crippen LogP contribution in [0.2, 0.25) is 0 Å². The average molecular weight is 258 g/mol. The second-order valence-electron chi connectivity index (χ2n) is 4.19. The van der Waals surface area contributed by atoms with Crippen molar-refractivity contribution in [3.63, 3.8) is 0 Å². The van der Waals surface area contributed by atoms with Gasteiger partial charge >= 0.3 is 0 Å². The van der Waals surface area contributed by atoms with Crippen molar-refractivity contribution in [2.24, 2.45) is 5.73 Å². The highest BCUT2D eigenvalue weighted by Gasteiger charge is 2.07. The van der Waals surface area contributed by atoms with Crippen molar-refractivity contribution in [3.8, 4) is 5.75 Å². The molecule has 0 amide bonds. The Balaban J connectivity index is 2.20. The predicted octanol–water partition coefficient (Wildman–Crippen LogP) is 1.75. The van der Waals surface area contributed by atoms with Gasteiger partial charge in [-0.05, 0) is 30.7 Å². The Kier molecular flexibility index (Phi) is 4.30. The maximum atomic E-state index is 5.50. The van der Waals surface area contributed by atoms with Gasteiger partial charge in [-0.3, -0.25) is 0 Å². The van der Waals surface area contributed by atoms with Crippen LogP contribution in [0.25, 0.3) is 0 Å². The van der Waals surface area contributed by atoms with Gasteiger partial charge in [-0.1, -0.05) is 6.07 Å². The van der Waals surface area contributed by atoms with E-state index in [-0.39, 0.29) is 0 Å². The fraction of sp³-hybridized carbons (Fsp3) is 0.286. The molecule has 0 aliphatic heterocycles. The Morgan fingerprint density at radius 1 is 1.26 bits per heavy atom. The first-order chi connectivity index (χ1) is 9.24.